The van der Waals surface area contributed by atoms with E-state index >= 15 is 0 Å². The molecule has 0 heterocycles. The number of unbranched alkanes of at least 4 members (excludes halogenated alkanes) is 1. The van der Waals surface area contributed by atoms with Crippen molar-refractivity contribution in [1.29, 1.82) is 0 Å². The monoisotopic (exact) mass is 281 g/mol. The lowest BCUT2D eigenvalue weighted by Crippen LogP contribution is -2.46. The Morgan fingerprint density at radius 1 is 1.15 bits per heavy atom. The summed E-state index contributed by atoms with van der Waals surface area (Å²) in [7, 11) is 0. The zero-order valence-corrected chi connectivity index (χ0v) is 15.0. The van der Waals surface area contributed by atoms with Gasteiger partial charge in [0.15, 0.2) is 0 Å². The van der Waals surface area contributed by atoms with E-state index in [9.17, 15) is 0 Å². The van der Waals surface area contributed by atoms with Gasteiger partial charge in [0.1, 0.15) is 0 Å². The van der Waals surface area contributed by atoms with Gasteiger partial charge in [0.25, 0.3) is 0 Å². The largest absolute Gasteiger partial charge is 0.312 e. The maximum atomic E-state index is 3.80. The van der Waals surface area contributed by atoms with Crippen LogP contribution in [0, 0.1) is 17.3 Å². The highest BCUT2D eigenvalue weighted by Crippen LogP contribution is 2.44. The van der Waals surface area contributed by atoms with E-state index in [-0.39, 0.29) is 5.54 Å². The van der Waals surface area contributed by atoms with Crippen molar-refractivity contribution in [3.05, 3.63) is 0 Å². The first-order valence-corrected chi connectivity index (χ1v) is 9.01. The van der Waals surface area contributed by atoms with Crippen LogP contribution in [0.25, 0.3) is 0 Å². The molecule has 0 radical (unpaired) electrons. The zero-order valence-electron chi connectivity index (χ0n) is 15.0. The summed E-state index contributed by atoms with van der Waals surface area (Å²) in [5.41, 5.74) is 0.827. The molecule has 1 rings (SSSR count). The number of hydrogen-bond acceptors (Lipinski definition) is 1. The summed E-state index contributed by atoms with van der Waals surface area (Å²) in [6.07, 6.45) is 11.5. The first-order valence-electron chi connectivity index (χ1n) is 9.01. The normalized spacial score (nSPS) is 28.1. The van der Waals surface area contributed by atoms with Crippen LogP contribution in [0.4, 0.5) is 0 Å². The van der Waals surface area contributed by atoms with Crippen LogP contribution in [0.5, 0.6) is 0 Å². The molecule has 0 saturated heterocycles. The van der Waals surface area contributed by atoms with Gasteiger partial charge in [-0.15, -0.1) is 0 Å². The van der Waals surface area contributed by atoms with E-state index in [2.05, 4.69) is 46.9 Å². The predicted octanol–water partition coefficient (Wildman–Crippen LogP) is 5.79. The van der Waals surface area contributed by atoms with Gasteiger partial charge in [0, 0.05) is 12.1 Å². The molecule has 20 heavy (non-hydrogen) atoms. The standard InChI is InChI=1S/C19H39N/c1-7-8-9-17-10-12-19(13-11-17,14-16(2)3)15-20-18(4,5)6/h16-17,20H,7-15H2,1-6H3. The Morgan fingerprint density at radius 2 is 1.75 bits per heavy atom. The fourth-order valence-electron chi connectivity index (χ4n) is 3.84. The van der Waals surface area contributed by atoms with Crippen LogP contribution in [0.15, 0.2) is 0 Å². The summed E-state index contributed by atoms with van der Waals surface area (Å²) < 4.78 is 0. The quantitative estimate of drug-likeness (QED) is 0.623. The minimum Gasteiger partial charge on any atom is -0.312 e. The van der Waals surface area contributed by atoms with Crippen molar-refractivity contribution in [2.45, 2.75) is 98.4 Å². The Kier molecular flexibility index (Phi) is 7.04. The highest BCUT2D eigenvalue weighted by Gasteiger charge is 2.36. The first kappa shape index (κ1) is 18.0. The Bertz CT molecular complexity index is 253. The Hall–Kier alpha value is -0.0400. The van der Waals surface area contributed by atoms with Crippen molar-refractivity contribution in [3.63, 3.8) is 0 Å². The minimum absolute atomic E-state index is 0.253. The topological polar surface area (TPSA) is 12.0 Å². The van der Waals surface area contributed by atoms with Gasteiger partial charge < -0.3 is 5.32 Å². The highest BCUT2D eigenvalue weighted by atomic mass is 15.0. The van der Waals surface area contributed by atoms with Crippen molar-refractivity contribution >= 4 is 0 Å². The fourth-order valence-corrected chi connectivity index (χ4v) is 3.84. The molecule has 0 spiro atoms. The highest BCUT2D eigenvalue weighted by molar-refractivity contribution is 4.90. The van der Waals surface area contributed by atoms with Crippen LogP contribution < -0.4 is 5.32 Å². The maximum Gasteiger partial charge on any atom is 0.00967 e. The van der Waals surface area contributed by atoms with Gasteiger partial charge in [-0.3, -0.25) is 0 Å². The van der Waals surface area contributed by atoms with E-state index in [1.165, 1.54) is 57.9 Å². The molecule has 1 N–H and O–H groups in total. The van der Waals surface area contributed by atoms with Crippen molar-refractivity contribution in [2.75, 3.05) is 6.54 Å². The second-order valence-corrected chi connectivity index (χ2v) is 8.79. The van der Waals surface area contributed by atoms with Gasteiger partial charge >= 0.3 is 0 Å². The summed E-state index contributed by atoms with van der Waals surface area (Å²) >= 11 is 0. The van der Waals surface area contributed by atoms with Crippen LogP contribution in [0.2, 0.25) is 0 Å². The summed E-state index contributed by atoms with van der Waals surface area (Å²) in [5.74, 6) is 1.84. The molecule has 1 saturated carbocycles. The molecule has 0 unspecified atom stereocenters. The van der Waals surface area contributed by atoms with Crippen LogP contribution in [0.1, 0.15) is 92.9 Å². The second kappa shape index (κ2) is 7.82. The van der Waals surface area contributed by atoms with E-state index in [4.69, 9.17) is 0 Å². The van der Waals surface area contributed by atoms with Gasteiger partial charge in [0.2, 0.25) is 0 Å². The van der Waals surface area contributed by atoms with E-state index < -0.39 is 0 Å². The predicted molar refractivity (Wildman–Crippen MR) is 91.1 cm³/mol. The van der Waals surface area contributed by atoms with Crippen molar-refractivity contribution in [2.24, 2.45) is 17.3 Å². The van der Waals surface area contributed by atoms with Crippen LogP contribution in [0.3, 0.4) is 0 Å². The van der Waals surface area contributed by atoms with Crippen LogP contribution >= 0.6 is 0 Å². The average molecular weight is 282 g/mol. The summed E-state index contributed by atoms with van der Waals surface area (Å²) in [6.45, 7) is 15.2. The van der Waals surface area contributed by atoms with E-state index in [0.29, 0.717) is 5.41 Å². The molecule has 0 aromatic heterocycles. The lowest BCUT2D eigenvalue weighted by Gasteiger charge is -2.43. The summed E-state index contributed by atoms with van der Waals surface area (Å²) in [4.78, 5) is 0. The Balaban J connectivity index is 2.54. The number of nitrogens with one attached hydrogen (secondary N) is 1. The molecule has 0 aromatic carbocycles. The van der Waals surface area contributed by atoms with Crippen molar-refractivity contribution in [3.8, 4) is 0 Å². The van der Waals surface area contributed by atoms with E-state index in [1.807, 2.05) is 0 Å². The van der Waals surface area contributed by atoms with E-state index in [0.717, 1.165) is 11.8 Å². The Labute approximate surface area is 128 Å². The molecule has 1 aliphatic carbocycles. The third kappa shape index (κ3) is 6.61. The van der Waals surface area contributed by atoms with E-state index in [1.54, 1.807) is 0 Å². The third-order valence-electron chi connectivity index (χ3n) is 4.97. The molecule has 1 heteroatoms. The smallest absolute Gasteiger partial charge is 0.00967 e. The van der Waals surface area contributed by atoms with Gasteiger partial charge in [-0.05, 0) is 70.1 Å². The van der Waals surface area contributed by atoms with Crippen LogP contribution in [-0.2, 0) is 0 Å². The molecule has 0 amide bonds. The zero-order chi connectivity index (χ0) is 15.2. The van der Waals surface area contributed by atoms with Gasteiger partial charge in [-0.25, -0.2) is 0 Å². The molecule has 0 aliphatic heterocycles. The molecule has 0 bridgehead atoms. The van der Waals surface area contributed by atoms with Crippen molar-refractivity contribution in [1.82, 2.24) is 5.32 Å². The molecule has 1 fully saturated rings. The lowest BCUT2D eigenvalue weighted by molar-refractivity contribution is 0.103. The molecule has 1 aliphatic rings. The molecular weight excluding hydrogens is 242 g/mol. The van der Waals surface area contributed by atoms with Gasteiger partial charge in [-0.1, -0.05) is 40.0 Å². The van der Waals surface area contributed by atoms with Gasteiger partial charge in [-0.2, -0.15) is 0 Å². The average Bonchev–Trinajstić information content (AvgIpc) is 2.34. The SMILES string of the molecule is CCCCC1CCC(CNC(C)(C)C)(CC(C)C)CC1. The molecule has 0 aromatic rings. The maximum absolute atomic E-state index is 3.80. The van der Waals surface area contributed by atoms with Gasteiger partial charge in [0.05, 0.1) is 0 Å². The molecular formula is C19H39N. The summed E-state index contributed by atoms with van der Waals surface area (Å²) in [6, 6.07) is 0. The molecule has 120 valence electrons. The number of hydrogen-bond donors (Lipinski definition) is 1. The number of rotatable bonds is 7. The fraction of sp³-hybridized carbons (Fsp3) is 1.00. The first-order chi connectivity index (χ1) is 9.26. The summed E-state index contributed by atoms with van der Waals surface area (Å²) in [5, 5.41) is 3.80. The Morgan fingerprint density at radius 3 is 2.20 bits per heavy atom. The van der Waals surface area contributed by atoms with Crippen molar-refractivity contribution < 1.29 is 0 Å². The molecule has 1 nitrogen and oxygen atoms in total. The second-order valence-electron chi connectivity index (χ2n) is 8.79. The molecule has 0 atom stereocenters. The lowest BCUT2D eigenvalue weighted by atomic mass is 9.65. The minimum atomic E-state index is 0.253. The third-order valence-corrected chi connectivity index (χ3v) is 4.97. The van der Waals surface area contributed by atoms with Crippen LogP contribution in [-0.4, -0.2) is 12.1 Å².